The monoisotopic (exact) mass is 487 g/mol. The molecule has 7 heteroatoms. The van der Waals surface area contributed by atoms with Gasteiger partial charge < -0.3 is 20.3 Å². The van der Waals surface area contributed by atoms with Crippen molar-refractivity contribution >= 4 is 17.9 Å². The molecular formula is C28H45N3O4. The van der Waals surface area contributed by atoms with Crippen LogP contribution in [0.1, 0.15) is 84.4 Å². The minimum absolute atomic E-state index is 0.129. The van der Waals surface area contributed by atoms with E-state index < -0.39 is 23.8 Å². The van der Waals surface area contributed by atoms with Gasteiger partial charge in [-0.05, 0) is 57.6 Å². The lowest BCUT2D eigenvalue weighted by atomic mass is 9.96. The fraction of sp³-hybridized carbons (Fsp3) is 0.607. The Morgan fingerprint density at radius 1 is 1.14 bits per heavy atom. The molecule has 0 aliphatic heterocycles. The molecule has 1 rings (SSSR count). The van der Waals surface area contributed by atoms with Crippen molar-refractivity contribution in [3.8, 4) is 0 Å². The van der Waals surface area contributed by atoms with Gasteiger partial charge in [-0.1, -0.05) is 64.0 Å². The quantitative estimate of drug-likeness (QED) is 0.292. The number of hydrogen-bond acceptors (Lipinski definition) is 4. The van der Waals surface area contributed by atoms with Gasteiger partial charge in [-0.15, -0.1) is 6.58 Å². The minimum atomic E-state index is -0.849. The molecule has 0 bridgehead atoms. The number of amides is 3. The predicted octanol–water partition coefficient (Wildman–Crippen LogP) is 5.30. The molecule has 1 aromatic carbocycles. The number of nitrogens with zero attached hydrogens (tertiary/aromatic N) is 1. The number of aryl methyl sites for hydroxylation is 1. The molecule has 0 fully saturated rings. The first kappa shape index (κ1) is 30.2. The summed E-state index contributed by atoms with van der Waals surface area (Å²) in [4.78, 5) is 41.5. The van der Waals surface area contributed by atoms with E-state index in [1.54, 1.807) is 26.8 Å². The Morgan fingerprint density at radius 3 is 2.34 bits per heavy atom. The van der Waals surface area contributed by atoms with Crippen molar-refractivity contribution in [3.63, 3.8) is 0 Å². The van der Waals surface area contributed by atoms with Crippen LogP contribution in [0.25, 0.3) is 0 Å². The van der Waals surface area contributed by atoms with Crippen LogP contribution in [0.2, 0.25) is 0 Å². The normalized spacial score (nSPS) is 13.0. The van der Waals surface area contributed by atoms with Gasteiger partial charge in [0.15, 0.2) is 0 Å². The summed E-state index contributed by atoms with van der Waals surface area (Å²) in [6.07, 6.45) is 4.28. The average molecular weight is 488 g/mol. The van der Waals surface area contributed by atoms with Crippen LogP contribution in [0.3, 0.4) is 0 Å². The van der Waals surface area contributed by atoms with E-state index in [0.29, 0.717) is 13.0 Å². The van der Waals surface area contributed by atoms with Crippen molar-refractivity contribution in [2.75, 3.05) is 13.1 Å². The molecule has 2 N–H and O–H groups in total. The van der Waals surface area contributed by atoms with Crippen molar-refractivity contribution in [2.45, 2.75) is 91.8 Å². The van der Waals surface area contributed by atoms with E-state index in [0.717, 1.165) is 30.4 Å². The number of benzene rings is 1. The molecular weight excluding hydrogens is 442 g/mol. The molecule has 2 atom stereocenters. The van der Waals surface area contributed by atoms with Gasteiger partial charge in [-0.25, -0.2) is 4.79 Å². The Kier molecular flexibility index (Phi) is 12.5. The molecule has 3 amide bonds. The standard InChI is InChI=1S/C28H45N3O4/c1-9-11-14-17-29-25(32)24(22-16-13-12-15-21(22)5)31(18-10-2)26(33)23(19-20(3)4)30-27(34)35-28(6,7)8/h10,12-13,15-16,20,23-24H,2,9,11,14,17-19H2,1,3-8H3,(H,29,32)(H,30,34). The van der Waals surface area contributed by atoms with E-state index in [-0.39, 0.29) is 24.3 Å². The molecule has 0 aromatic heterocycles. The SMILES string of the molecule is C=CCN(C(=O)C(CC(C)C)NC(=O)OC(C)(C)C)C(C(=O)NCCCCC)c1ccccc1C. The third kappa shape index (κ3) is 10.5. The number of nitrogens with one attached hydrogen (secondary N) is 2. The molecule has 0 saturated heterocycles. The summed E-state index contributed by atoms with van der Waals surface area (Å²) in [6.45, 7) is 17.8. The third-order valence-electron chi connectivity index (χ3n) is 5.43. The lowest BCUT2D eigenvalue weighted by molar-refractivity contribution is -0.142. The maximum absolute atomic E-state index is 13.9. The van der Waals surface area contributed by atoms with Gasteiger partial charge in [-0.3, -0.25) is 9.59 Å². The second kappa shape index (κ2) is 14.5. The zero-order chi connectivity index (χ0) is 26.6. The minimum Gasteiger partial charge on any atom is -0.444 e. The van der Waals surface area contributed by atoms with Gasteiger partial charge in [0, 0.05) is 13.1 Å². The van der Waals surface area contributed by atoms with Crippen molar-refractivity contribution in [1.82, 2.24) is 15.5 Å². The summed E-state index contributed by atoms with van der Waals surface area (Å²) in [5, 5.41) is 5.75. The van der Waals surface area contributed by atoms with Crippen LogP contribution in [0.15, 0.2) is 36.9 Å². The summed E-state index contributed by atoms with van der Waals surface area (Å²) in [5.41, 5.74) is 0.957. The number of alkyl carbamates (subject to hydrolysis) is 1. The van der Waals surface area contributed by atoms with Crippen LogP contribution in [0.5, 0.6) is 0 Å². The maximum atomic E-state index is 13.9. The molecule has 0 aliphatic rings. The number of hydrogen-bond donors (Lipinski definition) is 2. The summed E-state index contributed by atoms with van der Waals surface area (Å²) >= 11 is 0. The van der Waals surface area contributed by atoms with Gasteiger partial charge in [0.2, 0.25) is 11.8 Å². The molecule has 1 aromatic rings. The fourth-order valence-electron chi connectivity index (χ4n) is 3.83. The zero-order valence-electron chi connectivity index (χ0n) is 22.6. The van der Waals surface area contributed by atoms with E-state index >= 15 is 0 Å². The third-order valence-corrected chi connectivity index (χ3v) is 5.43. The second-order valence-corrected chi connectivity index (χ2v) is 10.4. The largest absolute Gasteiger partial charge is 0.444 e. The maximum Gasteiger partial charge on any atom is 0.408 e. The molecule has 0 aliphatic carbocycles. The number of carbonyl (C=O) groups is 3. The van der Waals surface area contributed by atoms with Gasteiger partial charge >= 0.3 is 6.09 Å². The number of rotatable bonds is 13. The topological polar surface area (TPSA) is 87.7 Å². The average Bonchev–Trinajstić information content (AvgIpc) is 2.75. The Balaban J connectivity index is 3.37. The van der Waals surface area contributed by atoms with E-state index in [9.17, 15) is 14.4 Å². The van der Waals surface area contributed by atoms with Crippen molar-refractivity contribution in [3.05, 3.63) is 48.0 Å². The first-order chi connectivity index (χ1) is 16.4. The lowest BCUT2D eigenvalue weighted by Gasteiger charge is -2.35. The van der Waals surface area contributed by atoms with E-state index in [2.05, 4.69) is 24.1 Å². The first-order valence-corrected chi connectivity index (χ1v) is 12.6. The fourth-order valence-corrected chi connectivity index (χ4v) is 3.83. The van der Waals surface area contributed by atoms with Gasteiger partial charge in [0.25, 0.3) is 0 Å². The Hall–Kier alpha value is -2.83. The second-order valence-electron chi connectivity index (χ2n) is 10.4. The van der Waals surface area contributed by atoms with Crippen LogP contribution >= 0.6 is 0 Å². The summed E-state index contributed by atoms with van der Waals surface area (Å²) in [6, 6.07) is 5.87. The van der Waals surface area contributed by atoms with E-state index in [1.165, 1.54) is 4.90 Å². The number of ether oxygens (including phenoxy) is 1. The molecule has 0 spiro atoms. The Morgan fingerprint density at radius 2 is 1.80 bits per heavy atom. The smallest absolute Gasteiger partial charge is 0.408 e. The Bertz CT molecular complexity index is 845. The number of unbranched alkanes of at least 4 members (excludes halogenated alkanes) is 2. The highest BCUT2D eigenvalue weighted by molar-refractivity contribution is 5.92. The van der Waals surface area contributed by atoms with Crippen LogP contribution in [0.4, 0.5) is 4.79 Å². The molecule has 0 heterocycles. The number of carbonyl (C=O) groups excluding carboxylic acids is 3. The summed E-state index contributed by atoms with van der Waals surface area (Å²) in [5.74, 6) is -0.461. The highest BCUT2D eigenvalue weighted by atomic mass is 16.6. The van der Waals surface area contributed by atoms with Crippen molar-refractivity contribution in [2.24, 2.45) is 5.92 Å². The predicted molar refractivity (Wildman–Crippen MR) is 141 cm³/mol. The molecule has 0 saturated carbocycles. The van der Waals surface area contributed by atoms with Crippen LogP contribution in [-0.4, -0.2) is 47.5 Å². The molecule has 0 radical (unpaired) electrons. The molecule has 2 unspecified atom stereocenters. The first-order valence-electron chi connectivity index (χ1n) is 12.6. The molecule has 35 heavy (non-hydrogen) atoms. The van der Waals surface area contributed by atoms with Crippen LogP contribution in [0, 0.1) is 12.8 Å². The summed E-state index contributed by atoms with van der Waals surface area (Å²) in [7, 11) is 0. The van der Waals surface area contributed by atoms with E-state index in [1.807, 2.05) is 45.0 Å². The van der Waals surface area contributed by atoms with Crippen molar-refractivity contribution < 1.29 is 19.1 Å². The van der Waals surface area contributed by atoms with Crippen molar-refractivity contribution in [1.29, 1.82) is 0 Å². The van der Waals surface area contributed by atoms with Crippen LogP contribution < -0.4 is 10.6 Å². The highest BCUT2D eigenvalue weighted by Crippen LogP contribution is 2.26. The lowest BCUT2D eigenvalue weighted by Crippen LogP contribution is -2.53. The van der Waals surface area contributed by atoms with Gasteiger partial charge in [-0.2, -0.15) is 0 Å². The van der Waals surface area contributed by atoms with Gasteiger partial charge in [0.1, 0.15) is 17.7 Å². The zero-order valence-corrected chi connectivity index (χ0v) is 22.6. The summed E-state index contributed by atoms with van der Waals surface area (Å²) < 4.78 is 5.41. The highest BCUT2D eigenvalue weighted by Gasteiger charge is 2.36. The molecule has 7 nitrogen and oxygen atoms in total. The molecule has 196 valence electrons. The van der Waals surface area contributed by atoms with E-state index in [4.69, 9.17) is 4.74 Å². The van der Waals surface area contributed by atoms with Gasteiger partial charge in [0.05, 0.1) is 0 Å². The van der Waals surface area contributed by atoms with Crippen LogP contribution in [-0.2, 0) is 14.3 Å². The Labute approximate surface area is 211 Å².